The van der Waals surface area contributed by atoms with Crippen LogP contribution in [-0.4, -0.2) is 50.3 Å². The SMILES string of the molecule is CC1CN(C)CCN1S(=O)(=O)c1ccc(N)c(Cl)c1. The summed E-state index contributed by atoms with van der Waals surface area (Å²) in [5.41, 5.74) is 5.99. The van der Waals surface area contributed by atoms with Crippen LogP contribution in [0.2, 0.25) is 5.02 Å². The van der Waals surface area contributed by atoms with Gasteiger partial charge >= 0.3 is 0 Å². The van der Waals surface area contributed by atoms with Gasteiger partial charge in [0, 0.05) is 25.7 Å². The van der Waals surface area contributed by atoms with Crippen LogP contribution in [0.3, 0.4) is 0 Å². The van der Waals surface area contributed by atoms with Gasteiger partial charge in [-0.25, -0.2) is 8.42 Å². The predicted octanol–water partition coefficient (Wildman–Crippen LogP) is 1.25. The normalized spacial score (nSPS) is 22.6. The first-order chi connectivity index (χ1) is 8.82. The van der Waals surface area contributed by atoms with E-state index in [1.165, 1.54) is 22.5 Å². The topological polar surface area (TPSA) is 66.6 Å². The second kappa shape index (κ2) is 5.28. The molecule has 19 heavy (non-hydrogen) atoms. The summed E-state index contributed by atoms with van der Waals surface area (Å²) in [5.74, 6) is 0. The minimum Gasteiger partial charge on any atom is -0.398 e. The summed E-state index contributed by atoms with van der Waals surface area (Å²) in [5, 5.41) is 0.267. The molecular formula is C12H18ClN3O2S. The first-order valence-electron chi connectivity index (χ1n) is 6.08. The van der Waals surface area contributed by atoms with E-state index in [0.29, 0.717) is 12.2 Å². The van der Waals surface area contributed by atoms with Gasteiger partial charge in [0.15, 0.2) is 0 Å². The molecule has 1 saturated heterocycles. The Kier molecular flexibility index (Phi) is 4.06. The first-order valence-corrected chi connectivity index (χ1v) is 7.89. The maximum absolute atomic E-state index is 12.6. The first kappa shape index (κ1) is 14.6. The van der Waals surface area contributed by atoms with Crippen molar-refractivity contribution in [2.45, 2.75) is 17.9 Å². The number of likely N-dealkylation sites (N-methyl/N-ethyl adjacent to an activating group) is 1. The van der Waals surface area contributed by atoms with Crippen LogP contribution in [0.1, 0.15) is 6.92 Å². The lowest BCUT2D eigenvalue weighted by Crippen LogP contribution is -2.52. The van der Waals surface area contributed by atoms with Gasteiger partial charge in [-0.1, -0.05) is 11.6 Å². The lowest BCUT2D eigenvalue weighted by atomic mass is 10.2. The smallest absolute Gasteiger partial charge is 0.243 e. The van der Waals surface area contributed by atoms with Crippen LogP contribution in [0.15, 0.2) is 23.1 Å². The fourth-order valence-corrected chi connectivity index (χ4v) is 4.17. The van der Waals surface area contributed by atoms with Crippen LogP contribution in [0.25, 0.3) is 0 Å². The highest BCUT2D eigenvalue weighted by molar-refractivity contribution is 7.89. The van der Waals surface area contributed by atoms with Gasteiger partial charge in [-0.2, -0.15) is 4.31 Å². The maximum Gasteiger partial charge on any atom is 0.243 e. The van der Waals surface area contributed by atoms with Crippen LogP contribution in [0, 0.1) is 0 Å². The molecule has 7 heteroatoms. The van der Waals surface area contributed by atoms with Gasteiger partial charge in [0.2, 0.25) is 10.0 Å². The van der Waals surface area contributed by atoms with Crippen molar-refractivity contribution in [3.05, 3.63) is 23.2 Å². The molecule has 1 aliphatic rings. The number of nitrogens with zero attached hydrogens (tertiary/aromatic N) is 2. The molecular weight excluding hydrogens is 286 g/mol. The van der Waals surface area contributed by atoms with E-state index in [4.69, 9.17) is 17.3 Å². The number of halogens is 1. The lowest BCUT2D eigenvalue weighted by Gasteiger charge is -2.37. The third-order valence-corrected chi connectivity index (χ3v) is 5.69. The minimum absolute atomic E-state index is 0.0555. The van der Waals surface area contributed by atoms with Gasteiger partial charge < -0.3 is 10.6 Å². The maximum atomic E-state index is 12.6. The van der Waals surface area contributed by atoms with Gasteiger partial charge in [0.25, 0.3) is 0 Å². The minimum atomic E-state index is -3.51. The molecule has 106 valence electrons. The quantitative estimate of drug-likeness (QED) is 0.835. The molecule has 0 saturated carbocycles. The zero-order chi connectivity index (χ0) is 14.2. The molecule has 1 heterocycles. The van der Waals surface area contributed by atoms with E-state index >= 15 is 0 Å². The number of sulfonamides is 1. The molecule has 1 atom stereocenters. The van der Waals surface area contributed by atoms with Crippen molar-refractivity contribution in [2.24, 2.45) is 0 Å². The van der Waals surface area contributed by atoms with Gasteiger partial charge in [-0.15, -0.1) is 0 Å². The average Bonchev–Trinajstić information content (AvgIpc) is 2.32. The molecule has 0 radical (unpaired) electrons. The number of anilines is 1. The summed E-state index contributed by atoms with van der Waals surface area (Å²) in [7, 11) is -1.52. The number of nitrogens with two attached hydrogens (primary N) is 1. The molecule has 2 rings (SSSR count). The van der Waals surface area contributed by atoms with Gasteiger partial charge in [-0.3, -0.25) is 0 Å². The summed E-state index contributed by atoms with van der Waals surface area (Å²) in [6, 6.07) is 4.38. The van der Waals surface area contributed by atoms with Crippen molar-refractivity contribution in [1.29, 1.82) is 0 Å². The molecule has 1 aromatic carbocycles. The summed E-state index contributed by atoms with van der Waals surface area (Å²) in [6.07, 6.45) is 0. The van der Waals surface area contributed by atoms with E-state index in [2.05, 4.69) is 4.90 Å². The highest BCUT2D eigenvalue weighted by atomic mass is 35.5. The van der Waals surface area contributed by atoms with E-state index in [-0.39, 0.29) is 16.0 Å². The van der Waals surface area contributed by atoms with Gasteiger partial charge in [0.1, 0.15) is 0 Å². The largest absolute Gasteiger partial charge is 0.398 e. The number of rotatable bonds is 2. The Labute approximate surface area is 119 Å². The Balaban J connectivity index is 2.34. The molecule has 1 aromatic rings. The summed E-state index contributed by atoms with van der Waals surface area (Å²) in [4.78, 5) is 2.32. The monoisotopic (exact) mass is 303 g/mol. The zero-order valence-corrected chi connectivity index (χ0v) is 12.6. The third kappa shape index (κ3) is 2.86. The van der Waals surface area contributed by atoms with E-state index in [0.717, 1.165) is 13.1 Å². The fourth-order valence-electron chi connectivity index (χ4n) is 2.28. The van der Waals surface area contributed by atoms with Crippen molar-refractivity contribution < 1.29 is 8.42 Å². The van der Waals surface area contributed by atoms with Crippen molar-refractivity contribution >= 4 is 27.3 Å². The second-order valence-electron chi connectivity index (χ2n) is 4.91. The molecule has 5 nitrogen and oxygen atoms in total. The van der Waals surface area contributed by atoms with Gasteiger partial charge in [0.05, 0.1) is 15.6 Å². The van der Waals surface area contributed by atoms with Crippen molar-refractivity contribution in [1.82, 2.24) is 9.21 Å². The fraction of sp³-hybridized carbons (Fsp3) is 0.500. The Morgan fingerprint density at radius 3 is 2.63 bits per heavy atom. The highest BCUT2D eigenvalue weighted by Crippen LogP contribution is 2.26. The Bertz CT molecular complexity index is 576. The summed E-state index contributed by atoms with van der Waals surface area (Å²) < 4.78 is 26.7. The number of benzene rings is 1. The van der Waals surface area contributed by atoms with Crippen LogP contribution in [0.5, 0.6) is 0 Å². The van der Waals surface area contributed by atoms with Crippen LogP contribution in [-0.2, 0) is 10.0 Å². The van der Waals surface area contributed by atoms with E-state index in [9.17, 15) is 8.42 Å². The van der Waals surface area contributed by atoms with Gasteiger partial charge in [-0.05, 0) is 32.2 Å². The average molecular weight is 304 g/mol. The molecule has 1 aliphatic heterocycles. The summed E-state index contributed by atoms with van der Waals surface area (Å²) >= 11 is 5.90. The van der Waals surface area contributed by atoms with E-state index in [1.807, 2.05) is 14.0 Å². The molecule has 0 amide bonds. The van der Waals surface area contributed by atoms with Crippen LogP contribution < -0.4 is 5.73 Å². The number of piperazine rings is 1. The number of nitrogen functional groups attached to an aromatic ring is 1. The predicted molar refractivity (Wildman–Crippen MR) is 76.7 cm³/mol. The van der Waals surface area contributed by atoms with Crippen LogP contribution in [0.4, 0.5) is 5.69 Å². The van der Waals surface area contributed by atoms with E-state index in [1.54, 1.807) is 0 Å². The molecule has 0 aromatic heterocycles. The summed E-state index contributed by atoms with van der Waals surface area (Å²) in [6.45, 7) is 3.85. The Morgan fingerprint density at radius 1 is 1.37 bits per heavy atom. The van der Waals surface area contributed by atoms with E-state index < -0.39 is 10.0 Å². The second-order valence-corrected chi connectivity index (χ2v) is 7.21. The third-order valence-electron chi connectivity index (χ3n) is 3.35. The molecule has 1 fully saturated rings. The number of hydrogen-bond donors (Lipinski definition) is 1. The van der Waals surface area contributed by atoms with Crippen LogP contribution >= 0.6 is 11.6 Å². The lowest BCUT2D eigenvalue weighted by molar-refractivity contribution is 0.170. The highest BCUT2D eigenvalue weighted by Gasteiger charge is 2.32. The van der Waals surface area contributed by atoms with Crippen molar-refractivity contribution in [2.75, 3.05) is 32.4 Å². The molecule has 0 bridgehead atoms. The number of hydrogen-bond acceptors (Lipinski definition) is 4. The van der Waals surface area contributed by atoms with Crippen molar-refractivity contribution in [3.8, 4) is 0 Å². The zero-order valence-electron chi connectivity index (χ0n) is 11.0. The Morgan fingerprint density at radius 2 is 2.05 bits per heavy atom. The standard InChI is InChI=1S/C12H18ClN3O2S/c1-9-8-15(2)5-6-16(9)19(17,18)10-3-4-12(14)11(13)7-10/h3-4,7,9H,5-6,8,14H2,1-2H3. The molecule has 1 unspecified atom stereocenters. The van der Waals surface area contributed by atoms with Crippen molar-refractivity contribution in [3.63, 3.8) is 0 Å². The molecule has 0 spiro atoms. The molecule has 0 aliphatic carbocycles. The Hall–Kier alpha value is -0.820. The molecule has 2 N–H and O–H groups in total.